The molecule has 0 bridgehead atoms. The number of aromatic nitrogens is 2. The highest BCUT2D eigenvalue weighted by molar-refractivity contribution is 5.56. The Bertz CT molecular complexity index is 692. The third kappa shape index (κ3) is 11.4. The zero-order valence-corrected chi connectivity index (χ0v) is 19.9. The Labute approximate surface area is 193 Å². The molecule has 0 N–H and O–H groups in total. The van der Waals surface area contributed by atoms with Gasteiger partial charge in [-0.2, -0.15) is 0 Å². The summed E-state index contributed by atoms with van der Waals surface area (Å²) in [6.07, 6.45) is 12.1. The Morgan fingerprint density at radius 2 is 1.09 bits per heavy atom. The number of nitrogens with zero attached hydrogens (tertiary/aromatic N) is 2. The maximum Gasteiger partial charge on any atom is 0.159 e. The number of hydrogen-bond donors (Lipinski definition) is 0. The van der Waals surface area contributed by atoms with Crippen LogP contribution in [0.15, 0.2) is 36.7 Å². The SMILES string of the molecule is CCCCCOCCCCOc1cnc(-c2ccc(OCCCCOCCC)cc2)nc1. The van der Waals surface area contributed by atoms with Crippen LogP contribution in [0, 0.1) is 0 Å². The number of hydrogen-bond acceptors (Lipinski definition) is 6. The van der Waals surface area contributed by atoms with Crippen molar-refractivity contribution >= 4 is 0 Å². The van der Waals surface area contributed by atoms with Crippen molar-refractivity contribution in [1.82, 2.24) is 9.97 Å². The Balaban J connectivity index is 1.60. The first-order valence-electron chi connectivity index (χ1n) is 12.2. The van der Waals surface area contributed by atoms with Crippen LogP contribution in [-0.4, -0.2) is 49.6 Å². The van der Waals surface area contributed by atoms with Crippen LogP contribution in [0.4, 0.5) is 0 Å². The van der Waals surface area contributed by atoms with E-state index in [1.165, 1.54) is 12.8 Å². The molecule has 0 fully saturated rings. The number of unbranched alkanes of at least 4 members (excludes halogenated alkanes) is 4. The van der Waals surface area contributed by atoms with Gasteiger partial charge in [-0.15, -0.1) is 0 Å². The van der Waals surface area contributed by atoms with E-state index in [0.29, 0.717) is 24.8 Å². The minimum absolute atomic E-state index is 0.651. The molecule has 2 aromatic rings. The van der Waals surface area contributed by atoms with Gasteiger partial charge in [0.15, 0.2) is 11.6 Å². The van der Waals surface area contributed by atoms with Gasteiger partial charge in [-0.05, 0) is 62.8 Å². The zero-order chi connectivity index (χ0) is 22.7. The summed E-state index contributed by atoms with van der Waals surface area (Å²) in [5.41, 5.74) is 0.956. The Hall–Kier alpha value is -2.18. The fraction of sp³-hybridized carbons (Fsp3) is 0.615. The van der Waals surface area contributed by atoms with Crippen molar-refractivity contribution in [2.75, 3.05) is 39.6 Å². The second kappa shape index (κ2) is 17.4. The van der Waals surface area contributed by atoms with Gasteiger partial charge >= 0.3 is 0 Å². The minimum Gasteiger partial charge on any atom is -0.494 e. The lowest BCUT2D eigenvalue weighted by Crippen LogP contribution is -2.02. The standard InChI is InChI=1S/C26H40N2O4/c1-3-5-6-16-30-18-8-10-20-32-25-21-27-26(28-22-25)23-11-13-24(14-12-23)31-19-9-7-17-29-15-4-2/h11-14,21-22H,3-10,15-20H2,1-2H3. The molecule has 0 aliphatic carbocycles. The molecular formula is C26H40N2O4. The quantitative estimate of drug-likeness (QED) is 0.244. The van der Waals surface area contributed by atoms with E-state index in [2.05, 4.69) is 23.8 Å². The van der Waals surface area contributed by atoms with Gasteiger partial charge in [-0.25, -0.2) is 9.97 Å². The van der Waals surface area contributed by atoms with Gasteiger partial charge in [0.1, 0.15) is 5.75 Å². The Morgan fingerprint density at radius 3 is 1.69 bits per heavy atom. The van der Waals surface area contributed by atoms with Crippen molar-refractivity contribution in [1.29, 1.82) is 0 Å². The van der Waals surface area contributed by atoms with Crippen LogP contribution in [0.2, 0.25) is 0 Å². The average Bonchev–Trinajstić information content (AvgIpc) is 2.83. The van der Waals surface area contributed by atoms with Gasteiger partial charge in [0.05, 0.1) is 25.6 Å². The highest BCUT2D eigenvalue weighted by Crippen LogP contribution is 2.20. The zero-order valence-electron chi connectivity index (χ0n) is 19.9. The Kier molecular flexibility index (Phi) is 14.2. The molecule has 32 heavy (non-hydrogen) atoms. The van der Waals surface area contributed by atoms with Crippen molar-refractivity contribution in [3.05, 3.63) is 36.7 Å². The van der Waals surface area contributed by atoms with E-state index in [-0.39, 0.29) is 0 Å². The van der Waals surface area contributed by atoms with E-state index in [1.54, 1.807) is 12.4 Å². The monoisotopic (exact) mass is 444 g/mol. The molecule has 0 saturated carbocycles. The predicted octanol–water partition coefficient (Wildman–Crippen LogP) is 6.10. The Morgan fingerprint density at radius 1 is 0.562 bits per heavy atom. The molecular weight excluding hydrogens is 404 g/mol. The first-order valence-corrected chi connectivity index (χ1v) is 12.2. The van der Waals surface area contributed by atoms with Crippen LogP contribution in [0.5, 0.6) is 11.5 Å². The molecule has 0 spiro atoms. The molecule has 1 heterocycles. The fourth-order valence-corrected chi connectivity index (χ4v) is 3.04. The summed E-state index contributed by atoms with van der Waals surface area (Å²) < 4.78 is 22.6. The van der Waals surface area contributed by atoms with Gasteiger partial charge in [-0.3, -0.25) is 0 Å². The van der Waals surface area contributed by atoms with Gasteiger partial charge in [-0.1, -0.05) is 26.7 Å². The molecule has 0 atom stereocenters. The van der Waals surface area contributed by atoms with Crippen LogP contribution in [-0.2, 0) is 9.47 Å². The summed E-state index contributed by atoms with van der Waals surface area (Å²) in [5, 5.41) is 0. The van der Waals surface area contributed by atoms with Crippen molar-refractivity contribution in [2.45, 2.75) is 65.2 Å². The van der Waals surface area contributed by atoms with Gasteiger partial charge in [0.25, 0.3) is 0 Å². The van der Waals surface area contributed by atoms with Crippen LogP contribution in [0.3, 0.4) is 0 Å². The van der Waals surface area contributed by atoms with Crippen LogP contribution < -0.4 is 9.47 Å². The number of rotatable bonds is 19. The van der Waals surface area contributed by atoms with E-state index in [0.717, 1.165) is 76.3 Å². The van der Waals surface area contributed by atoms with E-state index in [9.17, 15) is 0 Å². The lowest BCUT2D eigenvalue weighted by atomic mass is 10.2. The van der Waals surface area contributed by atoms with E-state index in [4.69, 9.17) is 18.9 Å². The van der Waals surface area contributed by atoms with E-state index in [1.807, 2.05) is 24.3 Å². The first-order chi connectivity index (χ1) is 15.8. The fourth-order valence-electron chi connectivity index (χ4n) is 3.04. The minimum atomic E-state index is 0.651. The van der Waals surface area contributed by atoms with Crippen molar-refractivity contribution in [3.63, 3.8) is 0 Å². The molecule has 2 rings (SSSR count). The first kappa shape index (κ1) is 26.1. The van der Waals surface area contributed by atoms with E-state index >= 15 is 0 Å². The topological polar surface area (TPSA) is 62.7 Å². The summed E-state index contributed by atoms with van der Waals surface area (Å²) in [6.45, 7) is 8.98. The largest absolute Gasteiger partial charge is 0.494 e. The maximum absolute atomic E-state index is 5.79. The third-order valence-electron chi connectivity index (χ3n) is 4.88. The summed E-state index contributed by atoms with van der Waals surface area (Å²) in [5.74, 6) is 2.23. The van der Waals surface area contributed by atoms with Gasteiger partial charge < -0.3 is 18.9 Å². The summed E-state index contributed by atoms with van der Waals surface area (Å²) in [7, 11) is 0. The molecule has 0 saturated heterocycles. The molecule has 0 unspecified atom stereocenters. The maximum atomic E-state index is 5.79. The van der Waals surface area contributed by atoms with Crippen molar-refractivity contribution in [2.24, 2.45) is 0 Å². The van der Waals surface area contributed by atoms with Crippen LogP contribution in [0.1, 0.15) is 65.2 Å². The summed E-state index contributed by atoms with van der Waals surface area (Å²) in [6, 6.07) is 7.88. The average molecular weight is 445 g/mol. The summed E-state index contributed by atoms with van der Waals surface area (Å²) in [4.78, 5) is 8.86. The van der Waals surface area contributed by atoms with Crippen molar-refractivity contribution < 1.29 is 18.9 Å². The van der Waals surface area contributed by atoms with Crippen molar-refractivity contribution in [3.8, 4) is 22.9 Å². The molecule has 0 aliphatic rings. The molecule has 1 aromatic heterocycles. The highest BCUT2D eigenvalue weighted by Gasteiger charge is 2.03. The lowest BCUT2D eigenvalue weighted by Gasteiger charge is -2.08. The number of benzene rings is 1. The molecule has 0 aliphatic heterocycles. The molecule has 0 radical (unpaired) electrons. The third-order valence-corrected chi connectivity index (χ3v) is 4.88. The van der Waals surface area contributed by atoms with Crippen LogP contribution >= 0.6 is 0 Å². The highest BCUT2D eigenvalue weighted by atomic mass is 16.5. The second-order valence-corrected chi connectivity index (χ2v) is 7.81. The molecule has 0 amide bonds. The molecule has 6 heteroatoms. The van der Waals surface area contributed by atoms with E-state index < -0.39 is 0 Å². The van der Waals surface area contributed by atoms with Gasteiger partial charge in [0, 0.05) is 32.0 Å². The summed E-state index contributed by atoms with van der Waals surface area (Å²) >= 11 is 0. The van der Waals surface area contributed by atoms with Gasteiger partial charge in [0.2, 0.25) is 0 Å². The lowest BCUT2D eigenvalue weighted by molar-refractivity contribution is 0.122. The predicted molar refractivity (Wildman–Crippen MR) is 128 cm³/mol. The van der Waals surface area contributed by atoms with Crippen LogP contribution in [0.25, 0.3) is 11.4 Å². The normalized spacial score (nSPS) is 10.9. The molecule has 6 nitrogen and oxygen atoms in total. The number of ether oxygens (including phenoxy) is 4. The second-order valence-electron chi connectivity index (χ2n) is 7.81. The molecule has 1 aromatic carbocycles. The smallest absolute Gasteiger partial charge is 0.159 e. The molecule has 178 valence electrons.